The standard InChI is InChI=1S/C19H15F3N4O3S/c20-19(21,22)10-23-16(27)9-30-18-25-24-17(26(18)13-4-2-1-3-5-13)12-6-7-14-15(8-12)29-11-28-14/h1-8H,9-11H2,(H,23,27). The molecule has 2 heterocycles. The lowest BCUT2D eigenvalue weighted by Crippen LogP contribution is -2.34. The van der Waals surface area contributed by atoms with Gasteiger partial charge in [-0.3, -0.25) is 9.36 Å². The Hall–Kier alpha value is -3.21. The van der Waals surface area contributed by atoms with Gasteiger partial charge in [0.1, 0.15) is 6.54 Å². The lowest BCUT2D eigenvalue weighted by molar-refractivity contribution is -0.136. The second kappa shape index (κ2) is 8.27. The summed E-state index contributed by atoms with van der Waals surface area (Å²) in [6.07, 6.45) is -4.46. The highest BCUT2D eigenvalue weighted by Gasteiger charge is 2.28. The van der Waals surface area contributed by atoms with Crippen LogP contribution in [0.1, 0.15) is 0 Å². The van der Waals surface area contributed by atoms with Crippen LogP contribution in [0, 0.1) is 0 Å². The molecular formula is C19H15F3N4O3S. The van der Waals surface area contributed by atoms with E-state index in [-0.39, 0.29) is 12.5 Å². The van der Waals surface area contributed by atoms with Gasteiger partial charge in [-0.1, -0.05) is 30.0 Å². The Balaban J connectivity index is 1.61. The number of ether oxygens (including phenoxy) is 2. The van der Waals surface area contributed by atoms with E-state index in [0.717, 1.165) is 17.4 Å². The van der Waals surface area contributed by atoms with E-state index >= 15 is 0 Å². The molecule has 1 N–H and O–H groups in total. The quantitative estimate of drug-likeness (QED) is 0.597. The fourth-order valence-electron chi connectivity index (χ4n) is 2.78. The van der Waals surface area contributed by atoms with Gasteiger partial charge in [-0.2, -0.15) is 13.2 Å². The Morgan fingerprint density at radius 2 is 1.87 bits per heavy atom. The Labute approximate surface area is 173 Å². The van der Waals surface area contributed by atoms with Gasteiger partial charge in [0.2, 0.25) is 12.7 Å². The number of rotatable bonds is 6. The lowest BCUT2D eigenvalue weighted by atomic mass is 10.2. The number of thioether (sulfide) groups is 1. The zero-order valence-electron chi connectivity index (χ0n) is 15.3. The number of hydrogen-bond donors (Lipinski definition) is 1. The third-order valence-corrected chi connectivity index (χ3v) is 5.03. The van der Waals surface area contributed by atoms with Gasteiger partial charge in [0.25, 0.3) is 0 Å². The number of aromatic nitrogens is 3. The number of fused-ring (bicyclic) bond motifs is 1. The van der Waals surface area contributed by atoms with Crippen LogP contribution < -0.4 is 14.8 Å². The summed E-state index contributed by atoms with van der Waals surface area (Å²) in [4.78, 5) is 11.8. The van der Waals surface area contributed by atoms with Crippen LogP contribution in [0.4, 0.5) is 13.2 Å². The van der Waals surface area contributed by atoms with E-state index < -0.39 is 18.6 Å². The summed E-state index contributed by atoms with van der Waals surface area (Å²) in [5.74, 6) is 0.723. The first-order valence-corrected chi connectivity index (χ1v) is 9.76. The van der Waals surface area contributed by atoms with Crippen LogP contribution in [-0.2, 0) is 4.79 Å². The fourth-order valence-corrected chi connectivity index (χ4v) is 3.56. The van der Waals surface area contributed by atoms with Crippen molar-refractivity contribution in [1.82, 2.24) is 20.1 Å². The number of benzene rings is 2. The molecule has 1 aliphatic heterocycles. The van der Waals surface area contributed by atoms with Crippen LogP contribution >= 0.6 is 11.8 Å². The maximum atomic E-state index is 12.3. The average molecular weight is 436 g/mol. The minimum atomic E-state index is -4.46. The molecule has 0 radical (unpaired) electrons. The van der Waals surface area contributed by atoms with Gasteiger partial charge in [-0.05, 0) is 30.3 Å². The SMILES string of the molecule is O=C(CSc1nnc(-c2ccc3c(c2)OCO3)n1-c1ccccc1)NCC(F)(F)F. The van der Waals surface area contributed by atoms with E-state index in [0.29, 0.717) is 28.0 Å². The number of carbonyl (C=O) groups is 1. The first-order valence-electron chi connectivity index (χ1n) is 8.78. The van der Waals surface area contributed by atoms with Crippen LogP contribution in [0.25, 0.3) is 17.1 Å². The van der Waals surface area contributed by atoms with Crippen molar-refractivity contribution in [1.29, 1.82) is 0 Å². The van der Waals surface area contributed by atoms with Gasteiger partial charge in [-0.25, -0.2) is 0 Å². The molecule has 30 heavy (non-hydrogen) atoms. The Bertz CT molecular complexity index is 1060. The molecule has 0 saturated carbocycles. The molecule has 7 nitrogen and oxygen atoms in total. The Morgan fingerprint density at radius 1 is 1.10 bits per heavy atom. The number of alkyl halides is 3. The largest absolute Gasteiger partial charge is 0.454 e. The number of amides is 1. The maximum Gasteiger partial charge on any atom is 0.405 e. The zero-order chi connectivity index (χ0) is 21.1. The second-order valence-electron chi connectivity index (χ2n) is 6.23. The van der Waals surface area contributed by atoms with E-state index in [1.165, 1.54) is 0 Å². The molecule has 1 amide bonds. The van der Waals surface area contributed by atoms with Crippen molar-refractivity contribution in [3.8, 4) is 28.6 Å². The van der Waals surface area contributed by atoms with Crippen molar-refractivity contribution in [3.63, 3.8) is 0 Å². The van der Waals surface area contributed by atoms with Crippen LogP contribution in [0.5, 0.6) is 11.5 Å². The topological polar surface area (TPSA) is 78.3 Å². The number of carbonyl (C=O) groups excluding carboxylic acids is 1. The minimum absolute atomic E-state index is 0.137. The average Bonchev–Trinajstić information content (AvgIpc) is 3.37. The van der Waals surface area contributed by atoms with Crippen molar-refractivity contribution < 1.29 is 27.4 Å². The minimum Gasteiger partial charge on any atom is -0.454 e. The Morgan fingerprint density at radius 3 is 2.63 bits per heavy atom. The highest BCUT2D eigenvalue weighted by molar-refractivity contribution is 7.99. The predicted molar refractivity (Wildman–Crippen MR) is 103 cm³/mol. The number of hydrogen-bond acceptors (Lipinski definition) is 6. The highest BCUT2D eigenvalue weighted by atomic mass is 32.2. The zero-order valence-corrected chi connectivity index (χ0v) is 16.2. The number of nitrogens with one attached hydrogen (secondary N) is 1. The summed E-state index contributed by atoms with van der Waals surface area (Å²) in [7, 11) is 0. The fraction of sp³-hybridized carbons (Fsp3) is 0.211. The molecule has 11 heteroatoms. The van der Waals surface area contributed by atoms with E-state index in [9.17, 15) is 18.0 Å². The molecule has 0 fully saturated rings. The van der Waals surface area contributed by atoms with Crippen molar-refractivity contribution in [2.24, 2.45) is 0 Å². The third-order valence-electron chi connectivity index (χ3n) is 4.10. The molecule has 156 valence electrons. The molecule has 0 unspecified atom stereocenters. The van der Waals surface area contributed by atoms with Crippen molar-refractivity contribution in [2.75, 3.05) is 19.1 Å². The molecule has 0 aliphatic carbocycles. The molecule has 0 atom stereocenters. The van der Waals surface area contributed by atoms with Crippen LogP contribution in [0.3, 0.4) is 0 Å². The maximum absolute atomic E-state index is 12.3. The first kappa shape index (κ1) is 20.1. The van der Waals surface area contributed by atoms with E-state index in [4.69, 9.17) is 9.47 Å². The van der Waals surface area contributed by atoms with Gasteiger partial charge in [-0.15, -0.1) is 10.2 Å². The summed E-state index contributed by atoms with van der Waals surface area (Å²) in [6.45, 7) is -1.24. The molecule has 4 rings (SSSR count). The molecule has 1 aromatic heterocycles. The molecule has 3 aromatic rings. The molecule has 1 aliphatic rings. The first-order chi connectivity index (χ1) is 14.4. The lowest BCUT2D eigenvalue weighted by Gasteiger charge is -2.11. The predicted octanol–water partition coefficient (Wildman–Crippen LogP) is 3.43. The Kier molecular flexibility index (Phi) is 5.53. The summed E-state index contributed by atoms with van der Waals surface area (Å²) in [6, 6.07) is 14.6. The van der Waals surface area contributed by atoms with Crippen LogP contribution in [0.2, 0.25) is 0 Å². The molecule has 0 saturated heterocycles. The highest BCUT2D eigenvalue weighted by Crippen LogP contribution is 2.37. The smallest absolute Gasteiger partial charge is 0.405 e. The normalized spacial score (nSPS) is 12.8. The van der Waals surface area contributed by atoms with Gasteiger partial charge >= 0.3 is 6.18 Å². The second-order valence-corrected chi connectivity index (χ2v) is 7.17. The van der Waals surface area contributed by atoms with Crippen molar-refractivity contribution in [3.05, 3.63) is 48.5 Å². The van der Waals surface area contributed by atoms with Crippen molar-refractivity contribution in [2.45, 2.75) is 11.3 Å². The van der Waals surface area contributed by atoms with Crippen LogP contribution in [-0.4, -0.2) is 45.9 Å². The summed E-state index contributed by atoms with van der Waals surface area (Å²) < 4.78 is 49.3. The number of para-hydroxylation sites is 1. The molecular weight excluding hydrogens is 421 g/mol. The summed E-state index contributed by atoms with van der Waals surface area (Å²) >= 11 is 0.996. The third kappa shape index (κ3) is 4.51. The van der Waals surface area contributed by atoms with E-state index in [1.807, 2.05) is 35.6 Å². The van der Waals surface area contributed by atoms with E-state index in [2.05, 4.69) is 10.2 Å². The molecule has 2 aromatic carbocycles. The number of nitrogens with zero attached hydrogens (tertiary/aromatic N) is 3. The summed E-state index contributed by atoms with van der Waals surface area (Å²) in [5.41, 5.74) is 1.46. The monoisotopic (exact) mass is 436 g/mol. The van der Waals surface area contributed by atoms with Gasteiger partial charge in [0.05, 0.1) is 5.75 Å². The van der Waals surface area contributed by atoms with Gasteiger partial charge in [0.15, 0.2) is 22.5 Å². The van der Waals surface area contributed by atoms with Crippen molar-refractivity contribution >= 4 is 17.7 Å². The van der Waals surface area contributed by atoms with Gasteiger partial charge < -0.3 is 14.8 Å². The van der Waals surface area contributed by atoms with Crippen LogP contribution in [0.15, 0.2) is 53.7 Å². The number of halogens is 3. The molecule has 0 bridgehead atoms. The molecule has 0 spiro atoms. The van der Waals surface area contributed by atoms with E-state index in [1.54, 1.807) is 22.8 Å². The van der Waals surface area contributed by atoms with Gasteiger partial charge in [0, 0.05) is 11.3 Å². The summed E-state index contributed by atoms with van der Waals surface area (Å²) in [5, 5.41) is 10.6.